The minimum absolute atomic E-state index is 0.0415. The number of anilines is 1. The van der Waals surface area contributed by atoms with Crippen molar-refractivity contribution in [2.24, 2.45) is 0 Å². The quantitative estimate of drug-likeness (QED) is 0.937. The SMILES string of the molecule is Cc1cc(NC(=O)COc2cccc(C(C)(C)C)c2)no1. The first-order valence-electron chi connectivity index (χ1n) is 6.81. The zero-order chi connectivity index (χ0) is 15.5. The topological polar surface area (TPSA) is 64.4 Å². The molecule has 0 fully saturated rings. The van der Waals surface area contributed by atoms with Crippen LogP contribution in [0.2, 0.25) is 0 Å². The number of nitrogens with one attached hydrogen (secondary N) is 1. The first kappa shape index (κ1) is 15.1. The van der Waals surface area contributed by atoms with Crippen LogP contribution in [0.1, 0.15) is 32.1 Å². The predicted molar refractivity (Wildman–Crippen MR) is 80.5 cm³/mol. The fraction of sp³-hybridized carbons (Fsp3) is 0.375. The lowest BCUT2D eigenvalue weighted by Crippen LogP contribution is -2.20. The Morgan fingerprint density at radius 1 is 1.33 bits per heavy atom. The average molecular weight is 288 g/mol. The Morgan fingerprint density at radius 2 is 2.10 bits per heavy atom. The highest BCUT2D eigenvalue weighted by Crippen LogP contribution is 2.25. The van der Waals surface area contributed by atoms with Crippen molar-refractivity contribution in [3.8, 4) is 5.75 Å². The molecular weight excluding hydrogens is 268 g/mol. The molecule has 21 heavy (non-hydrogen) atoms. The number of carbonyl (C=O) groups is 1. The van der Waals surface area contributed by atoms with Crippen molar-refractivity contribution in [3.63, 3.8) is 0 Å². The number of amides is 1. The normalized spacial score (nSPS) is 11.2. The summed E-state index contributed by atoms with van der Waals surface area (Å²) in [5.74, 6) is 1.44. The molecule has 0 aliphatic heterocycles. The van der Waals surface area contributed by atoms with Crippen LogP contribution >= 0.6 is 0 Å². The molecule has 112 valence electrons. The number of aromatic nitrogens is 1. The van der Waals surface area contributed by atoms with Crippen molar-refractivity contribution in [2.75, 3.05) is 11.9 Å². The molecule has 0 aliphatic carbocycles. The van der Waals surface area contributed by atoms with Gasteiger partial charge in [0.2, 0.25) is 0 Å². The van der Waals surface area contributed by atoms with E-state index in [2.05, 4.69) is 31.2 Å². The van der Waals surface area contributed by atoms with Gasteiger partial charge in [0.05, 0.1) is 0 Å². The predicted octanol–water partition coefficient (Wildman–Crippen LogP) is 3.30. The van der Waals surface area contributed by atoms with Crippen LogP contribution in [-0.4, -0.2) is 17.7 Å². The first-order valence-corrected chi connectivity index (χ1v) is 6.81. The van der Waals surface area contributed by atoms with Gasteiger partial charge in [-0.25, -0.2) is 0 Å². The molecule has 2 rings (SSSR count). The van der Waals surface area contributed by atoms with Gasteiger partial charge < -0.3 is 14.6 Å². The van der Waals surface area contributed by atoms with Gasteiger partial charge in [-0.05, 0) is 30.0 Å². The largest absolute Gasteiger partial charge is 0.484 e. The van der Waals surface area contributed by atoms with Crippen LogP contribution in [0, 0.1) is 6.92 Å². The summed E-state index contributed by atoms with van der Waals surface area (Å²) in [5, 5.41) is 6.30. The highest BCUT2D eigenvalue weighted by atomic mass is 16.5. The summed E-state index contributed by atoms with van der Waals surface area (Å²) < 4.78 is 10.4. The summed E-state index contributed by atoms with van der Waals surface area (Å²) in [6, 6.07) is 9.41. The second kappa shape index (κ2) is 5.99. The number of benzene rings is 1. The van der Waals surface area contributed by atoms with E-state index in [0.29, 0.717) is 17.3 Å². The van der Waals surface area contributed by atoms with E-state index in [4.69, 9.17) is 9.26 Å². The van der Waals surface area contributed by atoms with Gasteiger partial charge in [0.25, 0.3) is 5.91 Å². The summed E-state index contributed by atoms with van der Waals surface area (Å²) in [6.07, 6.45) is 0. The molecule has 1 heterocycles. The second-order valence-corrected chi connectivity index (χ2v) is 5.94. The number of hydrogen-bond donors (Lipinski definition) is 1. The highest BCUT2D eigenvalue weighted by Gasteiger charge is 2.14. The molecule has 0 bridgehead atoms. The molecule has 1 aromatic heterocycles. The second-order valence-electron chi connectivity index (χ2n) is 5.94. The van der Waals surface area contributed by atoms with Gasteiger partial charge in [-0.3, -0.25) is 4.79 Å². The molecule has 1 N–H and O–H groups in total. The third-order valence-corrected chi connectivity index (χ3v) is 2.97. The molecule has 0 saturated carbocycles. The molecule has 0 spiro atoms. The molecule has 0 radical (unpaired) electrons. The van der Waals surface area contributed by atoms with Crippen molar-refractivity contribution in [1.29, 1.82) is 0 Å². The average Bonchev–Trinajstić information content (AvgIpc) is 2.81. The van der Waals surface area contributed by atoms with E-state index in [9.17, 15) is 4.79 Å². The van der Waals surface area contributed by atoms with E-state index in [1.54, 1.807) is 13.0 Å². The number of aryl methyl sites for hydroxylation is 1. The zero-order valence-electron chi connectivity index (χ0n) is 12.8. The van der Waals surface area contributed by atoms with Crippen LogP contribution in [0.15, 0.2) is 34.9 Å². The monoisotopic (exact) mass is 288 g/mol. The van der Waals surface area contributed by atoms with Gasteiger partial charge in [0.15, 0.2) is 12.4 Å². The summed E-state index contributed by atoms with van der Waals surface area (Å²) in [4.78, 5) is 11.8. The molecule has 0 saturated heterocycles. The van der Waals surface area contributed by atoms with Crippen LogP contribution in [0.5, 0.6) is 5.75 Å². The molecule has 5 heteroatoms. The zero-order valence-corrected chi connectivity index (χ0v) is 12.8. The van der Waals surface area contributed by atoms with Crippen LogP contribution in [-0.2, 0) is 10.2 Å². The number of carbonyl (C=O) groups excluding carboxylic acids is 1. The number of ether oxygens (including phenoxy) is 1. The lowest BCUT2D eigenvalue weighted by molar-refractivity contribution is -0.118. The van der Waals surface area contributed by atoms with Gasteiger partial charge in [-0.1, -0.05) is 38.1 Å². The molecule has 0 atom stereocenters. The standard InChI is InChI=1S/C16H20N2O3/c1-11-8-14(18-21-11)17-15(19)10-20-13-7-5-6-12(9-13)16(2,3)4/h5-9H,10H2,1-4H3,(H,17,18,19). The molecule has 1 amide bonds. The van der Waals surface area contributed by atoms with Crippen molar-refractivity contribution in [3.05, 3.63) is 41.7 Å². The summed E-state index contributed by atoms with van der Waals surface area (Å²) in [6.45, 7) is 8.08. The maximum atomic E-state index is 11.8. The Kier molecular flexibility index (Phi) is 4.31. The van der Waals surface area contributed by atoms with Gasteiger partial charge in [0, 0.05) is 6.07 Å². The lowest BCUT2D eigenvalue weighted by atomic mass is 9.87. The third-order valence-electron chi connectivity index (χ3n) is 2.97. The van der Waals surface area contributed by atoms with Crippen LogP contribution < -0.4 is 10.1 Å². The smallest absolute Gasteiger partial charge is 0.263 e. The van der Waals surface area contributed by atoms with Crippen molar-refractivity contribution < 1.29 is 14.1 Å². The van der Waals surface area contributed by atoms with Crippen molar-refractivity contribution in [2.45, 2.75) is 33.1 Å². The van der Waals surface area contributed by atoms with E-state index >= 15 is 0 Å². The third kappa shape index (κ3) is 4.34. The fourth-order valence-electron chi connectivity index (χ4n) is 1.81. The van der Waals surface area contributed by atoms with E-state index in [1.807, 2.05) is 24.3 Å². The molecular formula is C16H20N2O3. The highest BCUT2D eigenvalue weighted by molar-refractivity contribution is 5.90. The molecule has 0 aliphatic rings. The molecule has 0 unspecified atom stereocenters. The Morgan fingerprint density at radius 3 is 2.71 bits per heavy atom. The summed E-state index contributed by atoms with van der Waals surface area (Å²) >= 11 is 0. The van der Waals surface area contributed by atoms with E-state index in [0.717, 1.165) is 5.56 Å². The van der Waals surface area contributed by atoms with E-state index in [-0.39, 0.29) is 17.9 Å². The Bertz CT molecular complexity index is 626. The number of nitrogens with zero attached hydrogens (tertiary/aromatic N) is 1. The van der Waals surface area contributed by atoms with Crippen LogP contribution in [0.25, 0.3) is 0 Å². The minimum Gasteiger partial charge on any atom is -0.484 e. The Hall–Kier alpha value is -2.30. The minimum atomic E-state index is -0.274. The molecule has 1 aromatic carbocycles. The fourth-order valence-corrected chi connectivity index (χ4v) is 1.81. The van der Waals surface area contributed by atoms with Gasteiger partial charge in [-0.2, -0.15) is 0 Å². The van der Waals surface area contributed by atoms with Crippen LogP contribution in [0.4, 0.5) is 5.82 Å². The van der Waals surface area contributed by atoms with E-state index < -0.39 is 0 Å². The van der Waals surface area contributed by atoms with Gasteiger partial charge in [0.1, 0.15) is 11.5 Å². The maximum absolute atomic E-state index is 11.8. The summed E-state index contributed by atoms with van der Waals surface area (Å²) in [7, 11) is 0. The Labute approximate surface area is 124 Å². The number of hydrogen-bond acceptors (Lipinski definition) is 4. The van der Waals surface area contributed by atoms with E-state index in [1.165, 1.54) is 0 Å². The van der Waals surface area contributed by atoms with Crippen LogP contribution in [0.3, 0.4) is 0 Å². The molecule has 5 nitrogen and oxygen atoms in total. The van der Waals surface area contributed by atoms with Gasteiger partial charge >= 0.3 is 0 Å². The first-order chi connectivity index (χ1) is 9.84. The van der Waals surface area contributed by atoms with Crippen molar-refractivity contribution in [1.82, 2.24) is 5.16 Å². The number of rotatable bonds is 4. The summed E-state index contributed by atoms with van der Waals surface area (Å²) in [5.41, 5.74) is 1.20. The van der Waals surface area contributed by atoms with Gasteiger partial charge in [-0.15, -0.1) is 0 Å². The molecule has 2 aromatic rings. The van der Waals surface area contributed by atoms with Crippen molar-refractivity contribution >= 4 is 11.7 Å². The maximum Gasteiger partial charge on any atom is 0.263 e. The Balaban J connectivity index is 1.92. The lowest BCUT2D eigenvalue weighted by Gasteiger charge is -2.19.